The molecule has 0 fully saturated rings. The van der Waals surface area contributed by atoms with Crippen LogP contribution in [0.4, 0.5) is 0 Å². The molecule has 0 atom stereocenters. The molecule has 0 radical (unpaired) electrons. The maximum atomic E-state index is 12.1. The number of ketones is 1. The van der Waals surface area contributed by atoms with E-state index in [1.807, 2.05) is 6.92 Å². The average molecular weight is 318 g/mol. The molecule has 0 saturated carbocycles. The zero-order valence-electron chi connectivity index (χ0n) is 14.5. The topological polar surface area (TPSA) is 57.5 Å². The molecule has 0 heterocycles. The second kappa shape index (κ2) is 10.9. The number of phenols is 2. The summed E-state index contributed by atoms with van der Waals surface area (Å²) in [6, 6.07) is 4.37. The molecule has 0 spiro atoms. The number of carbonyl (C=O) groups excluding carboxylic acids is 1. The van der Waals surface area contributed by atoms with E-state index in [0.29, 0.717) is 12.8 Å². The van der Waals surface area contributed by atoms with E-state index in [9.17, 15) is 15.0 Å². The molecular formula is C20H30O3. The summed E-state index contributed by atoms with van der Waals surface area (Å²) in [7, 11) is 0. The van der Waals surface area contributed by atoms with E-state index in [1.54, 1.807) is 0 Å². The van der Waals surface area contributed by atoms with Crippen LogP contribution in [0.1, 0.15) is 82.0 Å². The fourth-order valence-electron chi connectivity index (χ4n) is 2.62. The number of allylic oxidation sites excluding steroid dienone is 2. The fraction of sp³-hybridized carbons (Fsp3) is 0.550. The van der Waals surface area contributed by atoms with Crippen molar-refractivity contribution in [3.05, 3.63) is 35.4 Å². The van der Waals surface area contributed by atoms with Crippen LogP contribution in [-0.2, 0) is 0 Å². The molecule has 1 rings (SSSR count). The molecule has 0 aliphatic heterocycles. The van der Waals surface area contributed by atoms with Crippen LogP contribution in [0.25, 0.3) is 0 Å². The van der Waals surface area contributed by atoms with Gasteiger partial charge in [-0.25, -0.2) is 0 Å². The molecule has 0 unspecified atom stereocenters. The summed E-state index contributed by atoms with van der Waals surface area (Å²) >= 11 is 0. The van der Waals surface area contributed by atoms with Crippen molar-refractivity contribution in [3.63, 3.8) is 0 Å². The minimum Gasteiger partial charge on any atom is -0.507 e. The lowest BCUT2D eigenvalue weighted by atomic mass is 10.0. The third-order valence-corrected chi connectivity index (χ3v) is 4.10. The van der Waals surface area contributed by atoms with Gasteiger partial charge in [-0.15, -0.1) is 0 Å². The van der Waals surface area contributed by atoms with Gasteiger partial charge in [0.1, 0.15) is 17.1 Å². The molecule has 1 aromatic rings. The van der Waals surface area contributed by atoms with Crippen LogP contribution in [0.2, 0.25) is 0 Å². The van der Waals surface area contributed by atoms with Crippen LogP contribution in [0.5, 0.6) is 11.5 Å². The monoisotopic (exact) mass is 318 g/mol. The first-order chi connectivity index (χ1) is 11.1. The normalized spacial score (nSPS) is 11.7. The summed E-state index contributed by atoms with van der Waals surface area (Å²) in [4.78, 5) is 12.1. The summed E-state index contributed by atoms with van der Waals surface area (Å²) in [6.45, 7) is 4.26. The Morgan fingerprint density at radius 1 is 1.00 bits per heavy atom. The van der Waals surface area contributed by atoms with Gasteiger partial charge in [0, 0.05) is 6.42 Å². The smallest absolute Gasteiger partial charge is 0.170 e. The van der Waals surface area contributed by atoms with Gasteiger partial charge >= 0.3 is 0 Å². The van der Waals surface area contributed by atoms with Crippen molar-refractivity contribution in [3.8, 4) is 11.5 Å². The highest BCUT2D eigenvalue weighted by Gasteiger charge is 2.15. The minimum atomic E-state index is -0.215. The molecule has 0 aliphatic carbocycles. The van der Waals surface area contributed by atoms with Gasteiger partial charge < -0.3 is 10.2 Å². The first-order valence-electron chi connectivity index (χ1n) is 8.76. The van der Waals surface area contributed by atoms with E-state index < -0.39 is 0 Å². The average Bonchev–Trinajstić information content (AvgIpc) is 2.52. The lowest BCUT2D eigenvalue weighted by Crippen LogP contribution is -2.00. The third kappa shape index (κ3) is 7.36. The van der Waals surface area contributed by atoms with Crippen LogP contribution >= 0.6 is 0 Å². The molecule has 2 N–H and O–H groups in total. The first-order valence-corrected chi connectivity index (χ1v) is 8.76. The van der Waals surface area contributed by atoms with Gasteiger partial charge in [0.05, 0.1) is 0 Å². The number of Topliss-reactive ketones (excluding diaryl/α,β-unsaturated/α-hetero) is 1. The Bertz CT molecular complexity index is 497. The first kappa shape index (κ1) is 19.3. The van der Waals surface area contributed by atoms with E-state index in [1.165, 1.54) is 62.3 Å². The van der Waals surface area contributed by atoms with Gasteiger partial charge in [-0.3, -0.25) is 4.79 Å². The highest BCUT2D eigenvalue weighted by Crippen LogP contribution is 2.28. The third-order valence-electron chi connectivity index (χ3n) is 4.10. The molecule has 0 amide bonds. The molecular weight excluding hydrogens is 288 g/mol. The Hall–Kier alpha value is -1.77. The van der Waals surface area contributed by atoms with Gasteiger partial charge in [0.25, 0.3) is 0 Å². The molecule has 0 saturated heterocycles. The Morgan fingerprint density at radius 3 is 2.26 bits per heavy atom. The Morgan fingerprint density at radius 2 is 1.61 bits per heavy atom. The number of benzene rings is 1. The predicted molar refractivity (Wildman–Crippen MR) is 95.1 cm³/mol. The van der Waals surface area contributed by atoms with E-state index >= 15 is 0 Å². The van der Waals surface area contributed by atoms with Crippen molar-refractivity contribution >= 4 is 5.78 Å². The van der Waals surface area contributed by atoms with Crippen molar-refractivity contribution in [2.45, 2.75) is 71.6 Å². The summed E-state index contributed by atoms with van der Waals surface area (Å²) in [5.74, 6) is -0.514. The maximum absolute atomic E-state index is 12.1. The second-order valence-electron chi connectivity index (χ2n) is 6.20. The molecule has 3 nitrogen and oxygen atoms in total. The zero-order valence-corrected chi connectivity index (χ0v) is 14.5. The van der Waals surface area contributed by atoms with Gasteiger partial charge in [-0.05, 0) is 38.3 Å². The zero-order chi connectivity index (χ0) is 17.1. The highest BCUT2D eigenvalue weighted by atomic mass is 16.3. The minimum absolute atomic E-state index is 0.0382. The Kier molecular flexibility index (Phi) is 9.11. The van der Waals surface area contributed by atoms with Crippen molar-refractivity contribution in [1.29, 1.82) is 0 Å². The van der Waals surface area contributed by atoms with E-state index in [0.717, 1.165) is 6.42 Å². The molecule has 128 valence electrons. The van der Waals surface area contributed by atoms with Crippen LogP contribution < -0.4 is 0 Å². The molecule has 1 aromatic carbocycles. The number of rotatable bonds is 11. The predicted octanol–water partition coefficient (Wildman–Crippen LogP) is 5.76. The number of carbonyl (C=O) groups is 1. The van der Waals surface area contributed by atoms with E-state index in [-0.39, 0.29) is 22.8 Å². The number of phenolic OH excluding ortho intramolecular Hbond substituents is 2. The van der Waals surface area contributed by atoms with Crippen molar-refractivity contribution in [2.24, 2.45) is 0 Å². The molecule has 0 bridgehead atoms. The van der Waals surface area contributed by atoms with Crippen molar-refractivity contribution in [1.82, 2.24) is 0 Å². The molecule has 0 aromatic heterocycles. The Balaban J connectivity index is 2.31. The van der Waals surface area contributed by atoms with Crippen LogP contribution in [-0.4, -0.2) is 16.0 Å². The number of hydrogen-bond donors (Lipinski definition) is 2. The van der Waals surface area contributed by atoms with Gasteiger partial charge in [0.2, 0.25) is 0 Å². The summed E-state index contributed by atoms with van der Waals surface area (Å²) in [5.41, 5.74) is 1.23. The summed E-state index contributed by atoms with van der Waals surface area (Å²) < 4.78 is 0. The molecule has 0 aliphatic rings. The highest BCUT2D eigenvalue weighted by molar-refractivity contribution is 6.01. The quantitative estimate of drug-likeness (QED) is 0.310. The van der Waals surface area contributed by atoms with Gasteiger partial charge in [-0.2, -0.15) is 0 Å². The van der Waals surface area contributed by atoms with Gasteiger partial charge in [-0.1, -0.05) is 56.7 Å². The summed E-state index contributed by atoms with van der Waals surface area (Å²) in [5, 5.41) is 19.4. The van der Waals surface area contributed by atoms with Crippen LogP contribution in [0.3, 0.4) is 0 Å². The van der Waals surface area contributed by atoms with E-state index in [4.69, 9.17) is 0 Å². The number of hydrogen-bond acceptors (Lipinski definition) is 3. The van der Waals surface area contributed by atoms with Gasteiger partial charge in [0.15, 0.2) is 5.78 Å². The Labute approximate surface area is 140 Å². The van der Waals surface area contributed by atoms with Crippen LogP contribution in [0.15, 0.2) is 29.8 Å². The maximum Gasteiger partial charge on any atom is 0.170 e. The number of unbranched alkanes of at least 4 members (excludes halogenated alkanes) is 6. The second-order valence-corrected chi connectivity index (χ2v) is 6.20. The van der Waals surface area contributed by atoms with E-state index in [2.05, 4.69) is 13.0 Å². The van der Waals surface area contributed by atoms with Crippen molar-refractivity contribution in [2.75, 3.05) is 0 Å². The lowest BCUT2D eigenvalue weighted by molar-refractivity contribution is 0.0977. The SMILES string of the molecule is CCCCCCCCC=C(C)CCC(=O)c1c(O)cccc1O. The standard InChI is InChI=1S/C20H30O3/c1-3-4-5-6-7-8-9-11-16(2)14-15-19(23)20-17(21)12-10-13-18(20)22/h10-13,21-22H,3-9,14-15H2,1-2H3. The largest absolute Gasteiger partial charge is 0.507 e. The van der Waals surface area contributed by atoms with Crippen molar-refractivity contribution < 1.29 is 15.0 Å². The molecule has 3 heteroatoms. The lowest BCUT2D eigenvalue weighted by Gasteiger charge is -2.06. The molecule has 23 heavy (non-hydrogen) atoms. The summed E-state index contributed by atoms with van der Waals surface area (Å²) in [6.07, 6.45) is 12.0. The van der Waals surface area contributed by atoms with Crippen LogP contribution in [0, 0.1) is 0 Å². The fourth-order valence-corrected chi connectivity index (χ4v) is 2.62. The number of aromatic hydroxyl groups is 2.